The third-order valence-corrected chi connectivity index (χ3v) is 2.61. The van der Waals surface area contributed by atoms with Gasteiger partial charge in [0.1, 0.15) is 5.54 Å². The van der Waals surface area contributed by atoms with Crippen LogP contribution in [0, 0.1) is 17.2 Å². The van der Waals surface area contributed by atoms with Crippen LogP contribution in [0.4, 0.5) is 0 Å². The summed E-state index contributed by atoms with van der Waals surface area (Å²) in [6.07, 6.45) is 2.50. The number of ether oxygens (including phenoxy) is 1. The summed E-state index contributed by atoms with van der Waals surface area (Å²) in [6, 6.07) is 2.40. The van der Waals surface area contributed by atoms with Crippen LogP contribution in [0.15, 0.2) is 0 Å². The average molecular weight is 196 g/mol. The maximum absolute atomic E-state index is 9.24. The Bertz CT molecular complexity index is 218. The minimum atomic E-state index is -0.432. The zero-order valence-electron chi connectivity index (χ0n) is 9.34. The highest BCUT2D eigenvalue weighted by molar-refractivity contribution is 5.15. The van der Waals surface area contributed by atoms with Gasteiger partial charge in [-0.3, -0.25) is 5.32 Å². The number of rotatable bonds is 6. The van der Waals surface area contributed by atoms with Gasteiger partial charge in [-0.2, -0.15) is 5.26 Å². The lowest BCUT2D eigenvalue weighted by Crippen LogP contribution is -2.50. The normalized spacial score (nSPS) is 20.5. The van der Waals surface area contributed by atoms with Crippen LogP contribution in [-0.4, -0.2) is 24.8 Å². The topological polar surface area (TPSA) is 45.0 Å². The fourth-order valence-electron chi connectivity index (χ4n) is 1.67. The molecule has 0 radical (unpaired) electrons. The fraction of sp³-hybridized carbons (Fsp3) is 0.909. The van der Waals surface area contributed by atoms with E-state index in [2.05, 4.69) is 11.4 Å². The molecule has 1 rings (SSSR count). The van der Waals surface area contributed by atoms with Crippen molar-refractivity contribution >= 4 is 0 Å². The standard InChI is InChI=1S/C11H20N2O/c1-4-13-11(7-12,10-5-6-10)8-14-9(2)3/h9-10,13H,4-6,8H2,1-3H3. The van der Waals surface area contributed by atoms with Crippen molar-refractivity contribution in [3.63, 3.8) is 0 Å². The van der Waals surface area contributed by atoms with Crippen LogP contribution in [0.1, 0.15) is 33.6 Å². The number of hydrogen-bond acceptors (Lipinski definition) is 3. The molecule has 0 aliphatic heterocycles. The fourth-order valence-corrected chi connectivity index (χ4v) is 1.67. The highest BCUT2D eigenvalue weighted by atomic mass is 16.5. The number of nitriles is 1. The van der Waals surface area contributed by atoms with Crippen molar-refractivity contribution in [1.82, 2.24) is 5.32 Å². The molecule has 1 atom stereocenters. The predicted octanol–water partition coefficient (Wildman–Crippen LogP) is 1.69. The Labute approximate surface area is 86.4 Å². The van der Waals surface area contributed by atoms with Crippen molar-refractivity contribution in [2.24, 2.45) is 5.92 Å². The first kappa shape index (κ1) is 11.5. The van der Waals surface area contributed by atoms with Crippen LogP contribution in [0.25, 0.3) is 0 Å². The van der Waals surface area contributed by atoms with Gasteiger partial charge in [0.25, 0.3) is 0 Å². The quantitative estimate of drug-likeness (QED) is 0.703. The Kier molecular flexibility index (Phi) is 3.91. The monoisotopic (exact) mass is 196 g/mol. The van der Waals surface area contributed by atoms with Gasteiger partial charge in [-0.05, 0) is 39.2 Å². The summed E-state index contributed by atoms with van der Waals surface area (Å²) in [6.45, 7) is 7.37. The van der Waals surface area contributed by atoms with Gasteiger partial charge in [0.15, 0.2) is 0 Å². The minimum absolute atomic E-state index is 0.195. The van der Waals surface area contributed by atoms with Crippen molar-refractivity contribution in [2.75, 3.05) is 13.2 Å². The van der Waals surface area contributed by atoms with Crippen molar-refractivity contribution in [2.45, 2.75) is 45.3 Å². The molecule has 0 spiro atoms. The zero-order chi connectivity index (χ0) is 10.6. The van der Waals surface area contributed by atoms with E-state index in [4.69, 9.17) is 4.74 Å². The molecule has 1 aliphatic carbocycles. The van der Waals surface area contributed by atoms with E-state index in [1.807, 2.05) is 20.8 Å². The van der Waals surface area contributed by atoms with Gasteiger partial charge in [-0.15, -0.1) is 0 Å². The third kappa shape index (κ3) is 2.70. The summed E-state index contributed by atoms with van der Waals surface area (Å²) in [4.78, 5) is 0. The summed E-state index contributed by atoms with van der Waals surface area (Å²) in [5, 5.41) is 12.5. The molecule has 3 heteroatoms. The van der Waals surface area contributed by atoms with Crippen LogP contribution in [0.5, 0.6) is 0 Å². The lowest BCUT2D eigenvalue weighted by atomic mass is 9.96. The number of nitrogens with one attached hydrogen (secondary N) is 1. The van der Waals surface area contributed by atoms with Crippen molar-refractivity contribution in [3.05, 3.63) is 0 Å². The van der Waals surface area contributed by atoms with E-state index in [1.54, 1.807) is 0 Å². The molecule has 1 fully saturated rings. The Morgan fingerprint density at radius 3 is 2.57 bits per heavy atom. The summed E-state index contributed by atoms with van der Waals surface area (Å²) >= 11 is 0. The Morgan fingerprint density at radius 2 is 2.21 bits per heavy atom. The first-order valence-electron chi connectivity index (χ1n) is 5.42. The summed E-state index contributed by atoms with van der Waals surface area (Å²) in [5.41, 5.74) is -0.432. The average Bonchev–Trinajstić information content (AvgIpc) is 2.95. The molecule has 1 saturated carbocycles. The maximum atomic E-state index is 9.24. The largest absolute Gasteiger partial charge is 0.376 e. The van der Waals surface area contributed by atoms with Crippen LogP contribution in [0.3, 0.4) is 0 Å². The summed E-state index contributed by atoms with van der Waals surface area (Å²) in [7, 11) is 0. The molecular formula is C11H20N2O. The van der Waals surface area contributed by atoms with Gasteiger partial charge in [-0.1, -0.05) is 6.92 Å². The molecule has 3 nitrogen and oxygen atoms in total. The molecule has 0 bridgehead atoms. The first-order valence-corrected chi connectivity index (χ1v) is 5.42. The van der Waals surface area contributed by atoms with E-state index < -0.39 is 5.54 Å². The van der Waals surface area contributed by atoms with Crippen LogP contribution in [-0.2, 0) is 4.74 Å². The van der Waals surface area contributed by atoms with E-state index in [0.717, 1.165) is 19.4 Å². The van der Waals surface area contributed by atoms with Gasteiger partial charge in [0.2, 0.25) is 0 Å². The number of nitrogens with zero attached hydrogens (tertiary/aromatic N) is 1. The van der Waals surface area contributed by atoms with Crippen molar-refractivity contribution < 1.29 is 4.74 Å². The van der Waals surface area contributed by atoms with Gasteiger partial charge in [-0.25, -0.2) is 0 Å². The lowest BCUT2D eigenvalue weighted by Gasteiger charge is -2.28. The SMILES string of the molecule is CCNC(C#N)(COC(C)C)C1CC1. The first-order chi connectivity index (χ1) is 6.64. The third-order valence-electron chi connectivity index (χ3n) is 2.61. The van der Waals surface area contributed by atoms with Gasteiger partial charge < -0.3 is 4.74 Å². The van der Waals surface area contributed by atoms with E-state index in [9.17, 15) is 5.26 Å². The highest BCUT2D eigenvalue weighted by Crippen LogP contribution is 2.39. The maximum Gasteiger partial charge on any atom is 0.133 e. The van der Waals surface area contributed by atoms with Gasteiger partial charge in [0.05, 0.1) is 18.8 Å². The minimum Gasteiger partial charge on any atom is -0.376 e. The molecule has 0 saturated heterocycles. The molecule has 1 N–H and O–H groups in total. The van der Waals surface area contributed by atoms with E-state index in [1.165, 1.54) is 0 Å². The zero-order valence-corrected chi connectivity index (χ0v) is 9.34. The van der Waals surface area contributed by atoms with Gasteiger partial charge >= 0.3 is 0 Å². The van der Waals surface area contributed by atoms with Crippen molar-refractivity contribution in [3.8, 4) is 6.07 Å². The predicted molar refractivity (Wildman–Crippen MR) is 55.8 cm³/mol. The number of likely N-dealkylation sites (N-methyl/N-ethyl adjacent to an activating group) is 1. The number of hydrogen-bond donors (Lipinski definition) is 1. The Balaban J connectivity index is 2.55. The second-order valence-electron chi connectivity index (χ2n) is 4.25. The van der Waals surface area contributed by atoms with E-state index in [0.29, 0.717) is 12.5 Å². The van der Waals surface area contributed by atoms with Crippen LogP contribution in [0.2, 0.25) is 0 Å². The molecule has 1 aliphatic rings. The second kappa shape index (κ2) is 4.77. The smallest absolute Gasteiger partial charge is 0.133 e. The Hall–Kier alpha value is -0.590. The highest BCUT2D eigenvalue weighted by Gasteiger charge is 2.45. The van der Waals surface area contributed by atoms with Gasteiger partial charge in [0, 0.05) is 0 Å². The van der Waals surface area contributed by atoms with Crippen molar-refractivity contribution in [1.29, 1.82) is 5.26 Å². The second-order valence-corrected chi connectivity index (χ2v) is 4.25. The lowest BCUT2D eigenvalue weighted by molar-refractivity contribution is 0.0382. The molecule has 80 valence electrons. The Morgan fingerprint density at radius 1 is 1.57 bits per heavy atom. The van der Waals surface area contributed by atoms with E-state index >= 15 is 0 Å². The van der Waals surface area contributed by atoms with Crippen LogP contribution >= 0.6 is 0 Å². The molecule has 14 heavy (non-hydrogen) atoms. The van der Waals surface area contributed by atoms with Crippen LogP contribution < -0.4 is 5.32 Å². The molecule has 0 heterocycles. The molecule has 1 unspecified atom stereocenters. The molecule has 0 aromatic rings. The molecule has 0 aromatic heterocycles. The molecule has 0 amide bonds. The summed E-state index contributed by atoms with van der Waals surface area (Å²) < 4.78 is 5.57. The molecular weight excluding hydrogens is 176 g/mol. The summed E-state index contributed by atoms with van der Waals surface area (Å²) in [5.74, 6) is 0.492. The molecule has 0 aromatic carbocycles. The van der Waals surface area contributed by atoms with E-state index in [-0.39, 0.29) is 6.10 Å².